The first-order chi connectivity index (χ1) is 14.6. The lowest BCUT2D eigenvalue weighted by Gasteiger charge is -2.38. The number of carbonyl (C=O) groups excluding carboxylic acids is 3. The molecule has 0 aromatic carbocycles. The Balaban J connectivity index is 2.04. The zero-order chi connectivity index (χ0) is 23.1. The SMILES string of the molecule is CCOC(=O)N1CCC(C#N)(NC(=O)C(CC(C)(C)C)NC(=O)N2CCOCC2)CC1. The fraction of sp³-hybridized carbons (Fsp3) is 0.810. The van der Waals surface area contributed by atoms with E-state index in [9.17, 15) is 19.6 Å². The Hall–Kier alpha value is -2.54. The van der Waals surface area contributed by atoms with Crippen LogP contribution in [0.5, 0.6) is 0 Å². The van der Waals surface area contributed by atoms with E-state index in [0.29, 0.717) is 58.7 Å². The third-order valence-electron chi connectivity index (χ3n) is 5.45. The summed E-state index contributed by atoms with van der Waals surface area (Å²) in [4.78, 5) is 40.9. The Morgan fingerprint density at radius 3 is 2.26 bits per heavy atom. The number of carbonyl (C=O) groups is 3. The lowest BCUT2D eigenvalue weighted by molar-refractivity contribution is -0.125. The van der Waals surface area contributed by atoms with Crippen molar-refractivity contribution in [3.8, 4) is 6.07 Å². The molecule has 4 amide bonds. The Labute approximate surface area is 184 Å². The normalized spacial score (nSPS) is 19.7. The van der Waals surface area contributed by atoms with Crippen LogP contribution in [-0.4, -0.2) is 85.4 Å². The van der Waals surface area contributed by atoms with E-state index in [4.69, 9.17) is 9.47 Å². The van der Waals surface area contributed by atoms with Gasteiger partial charge in [-0.05, 0) is 18.8 Å². The van der Waals surface area contributed by atoms with E-state index >= 15 is 0 Å². The molecule has 0 aromatic heterocycles. The summed E-state index contributed by atoms with van der Waals surface area (Å²) in [7, 11) is 0. The highest BCUT2D eigenvalue weighted by molar-refractivity contribution is 5.88. The monoisotopic (exact) mass is 437 g/mol. The van der Waals surface area contributed by atoms with Gasteiger partial charge in [0.2, 0.25) is 5.91 Å². The van der Waals surface area contributed by atoms with Crippen molar-refractivity contribution in [1.82, 2.24) is 20.4 Å². The van der Waals surface area contributed by atoms with Gasteiger partial charge in [-0.15, -0.1) is 0 Å². The minimum absolute atomic E-state index is 0.215. The Bertz CT molecular complexity index is 685. The molecular formula is C21H35N5O5. The molecular weight excluding hydrogens is 402 g/mol. The van der Waals surface area contributed by atoms with E-state index in [1.807, 2.05) is 20.8 Å². The molecule has 2 aliphatic heterocycles. The van der Waals surface area contributed by atoms with Gasteiger partial charge in [-0.25, -0.2) is 9.59 Å². The van der Waals surface area contributed by atoms with Crippen molar-refractivity contribution in [2.45, 2.75) is 58.5 Å². The predicted molar refractivity (Wildman–Crippen MR) is 113 cm³/mol. The summed E-state index contributed by atoms with van der Waals surface area (Å²) in [5.74, 6) is -0.386. The van der Waals surface area contributed by atoms with E-state index in [-0.39, 0.29) is 24.0 Å². The molecule has 174 valence electrons. The van der Waals surface area contributed by atoms with Gasteiger partial charge in [-0.1, -0.05) is 20.8 Å². The number of likely N-dealkylation sites (tertiary alicyclic amines) is 1. The third kappa shape index (κ3) is 7.28. The Morgan fingerprint density at radius 1 is 1.13 bits per heavy atom. The zero-order valence-corrected chi connectivity index (χ0v) is 19.0. The van der Waals surface area contributed by atoms with Gasteiger partial charge in [0.05, 0.1) is 25.9 Å². The van der Waals surface area contributed by atoms with Crippen molar-refractivity contribution in [1.29, 1.82) is 5.26 Å². The molecule has 1 atom stereocenters. The quantitative estimate of drug-likeness (QED) is 0.671. The number of ether oxygens (including phenoxy) is 2. The third-order valence-corrected chi connectivity index (χ3v) is 5.45. The first-order valence-corrected chi connectivity index (χ1v) is 10.9. The number of rotatable bonds is 5. The van der Waals surface area contributed by atoms with Crippen LogP contribution in [0.1, 0.15) is 47.0 Å². The molecule has 0 saturated carbocycles. The maximum atomic E-state index is 13.2. The zero-order valence-electron chi connectivity index (χ0n) is 19.0. The molecule has 10 heteroatoms. The molecule has 0 spiro atoms. The number of nitrogens with one attached hydrogen (secondary N) is 2. The maximum Gasteiger partial charge on any atom is 0.409 e. The molecule has 10 nitrogen and oxygen atoms in total. The number of nitriles is 1. The summed E-state index contributed by atoms with van der Waals surface area (Å²) in [6.45, 7) is 10.5. The summed E-state index contributed by atoms with van der Waals surface area (Å²) in [5, 5.41) is 15.5. The van der Waals surface area contributed by atoms with Crippen molar-refractivity contribution in [3.05, 3.63) is 0 Å². The summed E-state index contributed by atoms with van der Waals surface area (Å²) in [6, 6.07) is 1.14. The highest BCUT2D eigenvalue weighted by atomic mass is 16.6. The lowest BCUT2D eigenvalue weighted by atomic mass is 9.85. The molecule has 2 aliphatic rings. The second kappa shape index (κ2) is 10.7. The molecule has 0 aliphatic carbocycles. The molecule has 2 N–H and O–H groups in total. The number of hydrogen-bond acceptors (Lipinski definition) is 6. The number of hydrogen-bond donors (Lipinski definition) is 2. The first kappa shape index (κ1) is 24.7. The van der Waals surface area contributed by atoms with Gasteiger partial charge in [-0.2, -0.15) is 5.26 Å². The van der Waals surface area contributed by atoms with Crippen LogP contribution in [0.25, 0.3) is 0 Å². The summed E-state index contributed by atoms with van der Waals surface area (Å²) in [5.41, 5.74) is -1.30. The minimum atomic E-state index is -1.08. The van der Waals surface area contributed by atoms with Crippen molar-refractivity contribution in [3.63, 3.8) is 0 Å². The van der Waals surface area contributed by atoms with Crippen molar-refractivity contribution < 1.29 is 23.9 Å². The van der Waals surface area contributed by atoms with E-state index in [2.05, 4.69) is 16.7 Å². The fourth-order valence-corrected chi connectivity index (χ4v) is 3.70. The average Bonchev–Trinajstić information content (AvgIpc) is 2.73. The van der Waals surface area contributed by atoms with Gasteiger partial charge < -0.3 is 29.9 Å². The average molecular weight is 438 g/mol. The van der Waals surface area contributed by atoms with E-state index < -0.39 is 17.7 Å². The number of piperidine rings is 1. The van der Waals surface area contributed by atoms with E-state index in [1.165, 1.54) is 4.90 Å². The molecule has 2 fully saturated rings. The highest BCUT2D eigenvalue weighted by Gasteiger charge is 2.40. The van der Waals surface area contributed by atoms with Crippen LogP contribution < -0.4 is 10.6 Å². The van der Waals surface area contributed by atoms with Gasteiger partial charge in [0.1, 0.15) is 11.6 Å². The Morgan fingerprint density at radius 2 is 1.74 bits per heavy atom. The second-order valence-electron chi connectivity index (χ2n) is 9.24. The highest BCUT2D eigenvalue weighted by Crippen LogP contribution is 2.25. The Kier molecular flexibility index (Phi) is 8.51. The molecule has 0 aromatic rings. The lowest BCUT2D eigenvalue weighted by Crippen LogP contribution is -2.61. The molecule has 2 rings (SSSR count). The van der Waals surface area contributed by atoms with Crippen LogP contribution in [0.4, 0.5) is 9.59 Å². The molecule has 1 unspecified atom stereocenters. The van der Waals surface area contributed by atoms with Crippen LogP contribution >= 0.6 is 0 Å². The van der Waals surface area contributed by atoms with Crippen LogP contribution in [-0.2, 0) is 14.3 Å². The number of amides is 4. The second-order valence-corrected chi connectivity index (χ2v) is 9.24. The number of urea groups is 1. The fourth-order valence-electron chi connectivity index (χ4n) is 3.70. The number of morpholine rings is 1. The van der Waals surface area contributed by atoms with Gasteiger partial charge in [0, 0.05) is 39.0 Å². The van der Waals surface area contributed by atoms with Gasteiger partial charge in [0.25, 0.3) is 0 Å². The smallest absolute Gasteiger partial charge is 0.409 e. The summed E-state index contributed by atoms with van der Waals surface area (Å²) >= 11 is 0. The molecule has 2 saturated heterocycles. The molecule has 0 bridgehead atoms. The predicted octanol–water partition coefficient (Wildman–Crippen LogP) is 1.46. The summed E-state index contributed by atoms with van der Waals surface area (Å²) in [6.07, 6.45) is 0.607. The number of nitrogens with zero attached hydrogens (tertiary/aromatic N) is 3. The molecule has 2 heterocycles. The van der Waals surface area contributed by atoms with Crippen LogP contribution in [0.15, 0.2) is 0 Å². The van der Waals surface area contributed by atoms with Crippen molar-refractivity contribution in [2.24, 2.45) is 5.41 Å². The standard InChI is InChI=1S/C21H35N5O5/c1-5-31-19(29)26-8-6-21(15-22,7-9-26)24-17(27)16(14-20(2,3)4)23-18(28)25-10-12-30-13-11-25/h16H,5-14H2,1-4H3,(H,23,28)(H,24,27). The van der Waals surface area contributed by atoms with Gasteiger partial charge in [-0.3, -0.25) is 4.79 Å². The van der Waals surface area contributed by atoms with Gasteiger partial charge in [0.15, 0.2) is 0 Å². The van der Waals surface area contributed by atoms with Crippen LogP contribution in [0.3, 0.4) is 0 Å². The summed E-state index contributed by atoms with van der Waals surface area (Å²) < 4.78 is 10.3. The largest absolute Gasteiger partial charge is 0.450 e. The van der Waals surface area contributed by atoms with E-state index in [1.54, 1.807) is 11.8 Å². The first-order valence-electron chi connectivity index (χ1n) is 10.9. The maximum absolute atomic E-state index is 13.2. The van der Waals surface area contributed by atoms with E-state index in [0.717, 1.165) is 0 Å². The van der Waals surface area contributed by atoms with Crippen molar-refractivity contribution in [2.75, 3.05) is 46.0 Å². The van der Waals surface area contributed by atoms with Gasteiger partial charge >= 0.3 is 12.1 Å². The minimum Gasteiger partial charge on any atom is -0.450 e. The topological polar surface area (TPSA) is 124 Å². The van der Waals surface area contributed by atoms with Crippen molar-refractivity contribution >= 4 is 18.0 Å². The molecule has 31 heavy (non-hydrogen) atoms. The van der Waals surface area contributed by atoms with Crippen LogP contribution in [0.2, 0.25) is 0 Å². The van der Waals surface area contributed by atoms with Crippen LogP contribution in [0, 0.1) is 16.7 Å². The molecule has 0 radical (unpaired) electrons.